The molecule has 2 unspecified atom stereocenters. The highest BCUT2D eigenvalue weighted by molar-refractivity contribution is 5.85. The number of carbonyl (C=O) groups is 1. The van der Waals surface area contributed by atoms with Crippen LogP contribution in [0.1, 0.15) is 33.1 Å². The van der Waals surface area contributed by atoms with E-state index >= 15 is 0 Å². The number of nitrogens with two attached hydrogens (primary N) is 1. The maximum Gasteiger partial charge on any atom is 0.223 e. The van der Waals surface area contributed by atoms with Gasteiger partial charge in [0, 0.05) is 0 Å². The van der Waals surface area contributed by atoms with E-state index in [1.165, 1.54) is 0 Å². The lowest BCUT2D eigenvalue weighted by atomic mass is 9.99. The molecule has 1 aliphatic carbocycles. The molecule has 2 N–H and O–H groups in total. The van der Waals surface area contributed by atoms with Crippen molar-refractivity contribution in [3.63, 3.8) is 0 Å². The van der Waals surface area contributed by atoms with E-state index in [4.69, 9.17) is 5.73 Å². The summed E-state index contributed by atoms with van der Waals surface area (Å²) < 4.78 is 0. The average Bonchev–Trinajstić information content (AvgIpc) is 2.62. The highest BCUT2D eigenvalue weighted by Gasteiger charge is 2.55. The van der Waals surface area contributed by atoms with Gasteiger partial charge in [-0.2, -0.15) is 0 Å². The molecule has 0 aliphatic heterocycles. The Morgan fingerprint density at radius 2 is 2.18 bits per heavy atom. The summed E-state index contributed by atoms with van der Waals surface area (Å²) in [4.78, 5) is 10.9. The van der Waals surface area contributed by atoms with Gasteiger partial charge in [-0.25, -0.2) is 0 Å². The smallest absolute Gasteiger partial charge is 0.223 e. The van der Waals surface area contributed by atoms with Crippen molar-refractivity contribution in [3.05, 3.63) is 0 Å². The molecule has 0 aromatic heterocycles. The van der Waals surface area contributed by atoms with Gasteiger partial charge < -0.3 is 5.73 Å². The van der Waals surface area contributed by atoms with Crippen LogP contribution in [-0.2, 0) is 4.79 Å². The van der Waals surface area contributed by atoms with Crippen molar-refractivity contribution in [1.82, 2.24) is 0 Å². The number of rotatable bonds is 3. The number of amides is 1. The summed E-state index contributed by atoms with van der Waals surface area (Å²) in [5.41, 5.74) is 5.17. The van der Waals surface area contributed by atoms with Gasteiger partial charge in [0.1, 0.15) is 0 Å². The van der Waals surface area contributed by atoms with Crippen molar-refractivity contribution in [2.45, 2.75) is 33.1 Å². The second-order valence-corrected chi connectivity index (χ2v) is 3.18. The fraction of sp³-hybridized carbons (Fsp3) is 0.875. The van der Waals surface area contributed by atoms with Gasteiger partial charge in [-0.15, -0.1) is 12.4 Å². The summed E-state index contributed by atoms with van der Waals surface area (Å²) in [7, 11) is 0. The van der Waals surface area contributed by atoms with Gasteiger partial charge in [0.25, 0.3) is 0 Å². The average molecular weight is 178 g/mol. The fourth-order valence-electron chi connectivity index (χ4n) is 1.82. The zero-order chi connectivity index (χ0) is 7.78. The molecule has 1 rings (SSSR count). The maximum absolute atomic E-state index is 10.9. The van der Waals surface area contributed by atoms with E-state index in [-0.39, 0.29) is 23.7 Å². The second-order valence-electron chi connectivity index (χ2n) is 3.18. The number of primary amides is 1. The molecule has 0 spiro atoms. The van der Waals surface area contributed by atoms with Crippen molar-refractivity contribution in [3.8, 4) is 0 Å². The third kappa shape index (κ3) is 1.51. The van der Waals surface area contributed by atoms with E-state index in [1.54, 1.807) is 0 Å². The SMILES string of the molecule is CCC1CC1(CC)C(N)=O.Cl. The molecule has 1 saturated carbocycles. The first-order valence-electron chi connectivity index (χ1n) is 3.97. The standard InChI is InChI=1S/C8H15NO.ClH/c1-3-6-5-8(6,4-2)7(9)10;/h6H,3-5H2,1-2H3,(H2,9,10);1H. The molecule has 0 saturated heterocycles. The van der Waals surface area contributed by atoms with E-state index < -0.39 is 0 Å². The minimum absolute atomic E-state index is 0. The van der Waals surface area contributed by atoms with Gasteiger partial charge in [-0.05, 0) is 18.8 Å². The van der Waals surface area contributed by atoms with E-state index in [2.05, 4.69) is 6.92 Å². The molecule has 0 aromatic carbocycles. The van der Waals surface area contributed by atoms with Gasteiger partial charge in [0.15, 0.2) is 0 Å². The molecule has 2 atom stereocenters. The van der Waals surface area contributed by atoms with Crippen molar-refractivity contribution < 1.29 is 4.79 Å². The fourth-order valence-corrected chi connectivity index (χ4v) is 1.82. The first-order valence-corrected chi connectivity index (χ1v) is 3.97. The van der Waals surface area contributed by atoms with Gasteiger partial charge in [-0.1, -0.05) is 20.3 Å². The minimum Gasteiger partial charge on any atom is -0.369 e. The third-order valence-electron chi connectivity index (χ3n) is 2.85. The Bertz CT molecular complexity index is 160. The summed E-state index contributed by atoms with van der Waals surface area (Å²) in [5, 5.41) is 0. The predicted octanol–water partition coefficient (Wildman–Crippen LogP) is 1.72. The van der Waals surface area contributed by atoms with Crippen molar-refractivity contribution in [2.24, 2.45) is 17.1 Å². The zero-order valence-corrected chi connectivity index (χ0v) is 7.91. The normalized spacial score (nSPS) is 34.2. The van der Waals surface area contributed by atoms with Crippen LogP contribution in [0.3, 0.4) is 0 Å². The van der Waals surface area contributed by atoms with Crippen LogP contribution in [0.4, 0.5) is 0 Å². The summed E-state index contributed by atoms with van der Waals surface area (Å²) in [6.07, 6.45) is 3.03. The maximum atomic E-state index is 10.9. The van der Waals surface area contributed by atoms with Crippen LogP contribution >= 0.6 is 12.4 Å². The summed E-state index contributed by atoms with van der Waals surface area (Å²) in [6, 6.07) is 0. The molecular formula is C8H16ClNO. The third-order valence-corrected chi connectivity index (χ3v) is 2.85. The van der Waals surface area contributed by atoms with Gasteiger partial charge >= 0.3 is 0 Å². The second kappa shape index (κ2) is 3.44. The predicted molar refractivity (Wildman–Crippen MR) is 47.6 cm³/mol. The molecule has 11 heavy (non-hydrogen) atoms. The zero-order valence-electron chi connectivity index (χ0n) is 7.09. The Balaban J connectivity index is 0.000001000. The van der Waals surface area contributed by atoms with Crippen LogP contribution < -0.4 is 5.73 Å². The van der Waals surface area contributed by atoms with Crippen molar-refractivity contribution in [2.75, 3.05) is 0 Å². The lowest BCUT2D eigenvalue weighted by molar-refractivity contribution is -0.123. The monoisotopic (exact) mass is 177 g/mol. The number of halogens is 1. The van der Waals surface area contributed by atoms with E-state index in [0.717, 1.165) is 19.3 Å². The molecule has 0 bridgehead atoms. The molecule has 66 valence electrons. The Morgan fingerprint density at radius 1 is 1.64 bits per heavy atom. The van der Waals surface area contributed by atoms with Crippen LogP contribution in [0.2, 0.25) is 0 Å². The molecule has 0 heterocycles. The van der Waals surface area contributed by atoms with E-state index in [1.807, 2.05) is 6.92 Å². The molecule has 0 radical (unpaired) electrons. The molecule has 1 aliphatic rings. The molecular weight excluding hydrogens is 162 g/mol. The highest BCUT2D eigenvalue weighted by atomic mass is 35.5. The Kier molecular flexibility index (Phi) is 3.36. The largest absolute Gasteiger partial charge is 0.369 e. The lowest BCUT2D eigenvalue weighted by Crippen LogP contribution is -2.25. The minimum atomic E-state index is -0.102. The van der Waals surface area contributed by atoms with Gasteiger partial charge in [0.2, 0.25) is 5.91 Å². The Hall–Kier alpha value is -0.240. The molecule has 3 heteroatoms. The molecule has 1 fully saturated rings. The van der Waals surface area contributed by atoms with Crippen LogP contribution in [0.5, 0.6) is 0 Å². The summed E-state index contributed by atoms with van der Waals surface area (Å²) in [6.45, 7) is 4.16. The topological polar surface area (TPSA) is 43.1 Å². The lowest BCUT2D eigenvalue weighted by Gasteiger charge is -2.07. The van der Waals surface area contributed by atoms with Crippen LogP contribution in [0.25, 0.3) is 0 Å². The first kappa shape index (κ1) is 10.8. The van der Waals surface area contributed by atoms with Crippen LogP contribution in [0, 0.1) is 11.3 Å². The summed E-state index contributed by atoms with van der Waals surface area (Å²) in [5.74, 6) is 0.483. The Morgan fingerprint density at radius 3 is 2.27 bits per heavy atom. The molecule has 2 nitrogen and oxygen atoms in total. The van der Waals surface area contributed by atoms with Crippen molar-refractivity contribution in [1.29, 1.82) is 0 Å². The highest BCUT2D eigenvalue weighted by Crippen LogP contribution is 2.56. The van der Waals surface area contributed by atoms with E-state index in [9.17, 15) is 4.79 Å². The van der Waals surface area contributed by atoms with Crippen LogP contribution in [-0.4, -0.2) is 5.91 Å². The number of hydrogen-bond acceptors (Lipinski definition) is 1. The Labute approximate surface area is 73.9 Å². The number of carbonyl (C=O) groups excluding carboxylic acids is 1. The molecule has 1 amide bonds. The quantitative estimate of drug-likeness (QED) is 0.701. The van der Waals surface area contributed by atoms with E-state index in [0.29, 0.717) is 5.92 Å². The van der Waals surface area contributed by atoms with Gasteiger partial charge in [0.05, 0.1) is 5.41 Å². The van der Waals surface area contributed by atoms with Crippen molar-refractivity contribution >= 4 is 18.3 Å². The first-order chi connectivity index (χ1) is 4.67. The molecule has 0 aromatic rings. The van der Waals surface area contributed by atoms with Gasteiger partial charge in [-0.3, -0.25) is 4.79 Å². The number of hydrogen-bond donors (Lipinski definition) is 1. The summed E-state index contributed by atoms with van der Waals surface area (Å²) >= 11 is 0. The van der Waals surface area contributed by atoms with Crippen LogP contribution in [0.15, 0.2) is 0 Å².